The van der Waals surface area contributed by atoms with E-state index in [0.717, 1.165) is 5.82 Å². The van der Waals surface area contributed by atoms with E-state index in [1.165, 1.54) is 16.3 Å². The molecule has 4 aromatic rings. The molecule has 24 heavy (non-hydrogen) atoms. The van der Waals surface area contributed by atoms with E-state index in [9.17, 15) is 0 Å². The monoisotopic (exact) mass is 334 g/mol. The number of aromatic nitrogens is 3. The minimum atomic E-state index is 0.452. The Balaban J connectivity index is 1.71. The Morgan fingerprint density at radius 2 is 2.00 bits per heavy atom. The van der Waals surface area contributed by atoms with Crippen LogP contribution in [0.5, 0.6) is 0 Å². The summed E-state index contributed by atoms with van der Waals surface area (Å²) in [5, 5.41) is 13.9. The minimum absolute atomic E-state index is 0.452. The zero-order valence-electron chi connectivity index (χ0n) is 12.7. The molecule has 0 atom stereocenters. The van der Waals surface area contributed by atoms with Crippen LogP contribution in [0.3, 0.4) is 0 Å². The van der Waals surface area contributed by atoms with Crippen molar-refractivity contribution in [3.8, 4) is 0 Å². The number of furan rings is 1. The molecule has 4 rings (SSSR count). The number of H-pyrrole nitrogens is 1. The van der Waals surface area contributed by atoms with Crippen LogP contribution < -0.4 is 0 Å². The fourth-order valence-electron chi connectivity index (χ4n) is 2.65. The molecule has 0 saturated heterocycles. The van der Waals surface area contributed by atoms with Crippen molar-refractivity contribution in [3.63, 3.8) is 0 Å². The first-order chi connectivity index (χ1) is 11.8. The Kier molecular flexibility index (Phi) is 3.80. The van der Waals surface area contributed by atoms with E-state index < -0.39 is 0 Å². The summed E-state index contributed by atoms with van der Waals surface area (Å²) in [4.78, 5) is 0. The maximum absolute atomic E-state index is 5.28. The molecular formula is C18H14N4OS. The summed E-state index contributed by atoms with van der Waals surface area (Å²) >= 11 is 5.28. The van der Waals surface area contributed by atoms with Gasteiger partial charge >= 0.3 is 0 Å². The first kappa shape index (κ1) is 14.6. The standard InChI is InChI=1S/C18H14N4OS/c24-18-21-20-17(22(18)19-12-15-8-4-10-23-15)11-14-7-3-6-13-5-1-2-9-16(13)14/h1-10,12H,11H2,(H,21,24)/b19-12-. The van der Waals surface area contributed by atoms with E-state index in [4.69, 9.17) is 16.6 Å². The minimum Gasteiger partial charge on any atom is -0.463 e. The summed E-state index contributed by atoms with van der Waals surface area (Å²) in [5.74, 6) is 1.41. The quantitative estimate of drug-likeness (QED) is 0.450. The maximum Gasteiger partial charge on any atom is 0.216 e. The fraction of sp³-hybridized carbons (Fsp3) is 0.0556. The second kappa shape index (κ2) is 6.25. The van der Waals surface area contributed by atoms with Crippen molar-refractivity contribution in [3.05, 3.63) is 82.8 Å². The average molecular weight is 334 g/mol. The predicted octanol–water partition coefficient (Wildman–Crippen LogP) is 4.16. The topological polar surface area (TPSA) is 59.1 Å². The zero-order valence-corrected chi connectivity index (χ0v) is 13.5. The molecule has 0 bridgehead atoms. The van der Waals surface area contributed by atoms with Crippen LogP contribution in [0.2, 0.25) is 0 Å². The molecule has 1 N–H and O–H groups in total. The van der Waals surface area contributed by atoms with Crippen LogP contribution in [0.1, 0.15) is 17.1 Å². The Hall–Kier alpha value is -2.99. The molecule has 0 radical (unpaired) electrons. The van der Waals surface area contributed by atoms with E-state index in [0.29, 0.717) is 17.0 Å². The lowest BCUT2D eigenvalue weighted by Gasteiger charge is -2.06. The number of rotatable bonds is 4. The van der Waals surface area contributed by atoms with Crippen molar-refractivity contribution < 1.29 is 4.42 Å². The van der Waals surface area contributed by atoms with Gasteiger partial charge in [0.1, 0.15) is 5.76 Å². The van der Waals surface area contributed by atoms with Crippen molar-refractivity contribution in [2.75, 3.05) is 0 Å². The number of aromatic amines is 1. The van der Waals surface area contributed by atoms with E-state index in [2.05, 4.69) is 45.6 Å². The molecular weight excluding hydrogens is 320 g/mol. The second-order valence-corrected chi connectivity index (χ2v) is 5.72. The van der Waals surface area contributed by atoms with Crippen LogP contribution in [0.4, 0.5) is 0 Å². The summed E-state index contributed by atoms with van der Waals surface area (Å²) in [5.41, 5.74) is 1.18. The highest BCUT2D eigenvalue weighted by Crippen LogP contribution is 2.20. The van der Waals surface area contributed by atoms with Crippen molar-refractivity contribution in [2.24, 2.45) is 5.10 Å². The van der Waals surface area contributed by atoms with Crippen LogP contribution in [-0.2, 0) is 6.42 Å². The number of nitrogens with zero attached hydrogens (tertiary/aromatic N) is 3. The lowest BCUT2D eigenvalue weighted by Crippen LogP contribution is -2.00. The highest BCUT2D eigenvalue weighted by molar-refractivity contribution is 7.71. The molecule has 0 spiro atoms. The fourth-order valence-corrected chi connectivity index (χ4v) is 2.85. The van der Waals surface area contributed by atoms with Gasteiger partial charge in [-0.05, 0) is 40.7 Å². The van der Waals surface area contributed by atoms with Crippen LogP contribution in [0, 0.1) is 4.77 Å². The summed E-state index contributed by atoms with van der Waals surface area (Å²) in [6, 6.07) is 18.2. The molecule has 0 unspecified atom stereocenters. The second-order valence-electron chi connectivity index (χ2n) is 5.33. The highest BCUT2D eigenvalue weighted by atomic mass is 32.1. The molecule has 0 aliphatic carbocycles. The summed E-state index contributed by atoms with van der Waals surface area (Å²) in [6.45, 7) is 0. The van der Waals surface area contributed by atoms with Gasteiger partial charge in [-0.2, -0.15) is 14.9 Å². The van der Waals surface area contributed by atoms with Crippen LogP contribution >= 0.6 is 12.2 Å². The van der Waals surface area contributed by atoms with Gasteiger partial charge in [-0.1, -0.05) is 42.5 Å². The lowest BCUT2D eigenvalue weighted by molar-refractivity contribution is 0.559. The summed E-state index contributed by atoms with van der Waals surface area (Å²) < 4.78 is 7.34. The van der Waals surface area contributed by atoms with Gasteiger partial charge in [-0.15, -0.1) is 0 Å². The molecule has 0 saturated carbocycles. The van der Waals surface area contributed by atoms with Gasteiger partial charge in [0.05, 0.1) is 12.5 Å². The average Bonchev–Trinajstić information content (AvgIpc) is 3.24. The largest absolute Gasteiger partial charge is 0.463 e. The molecule has 2 heterocycles. The Labute approximate surface area is 143 Å². The molecule has 5 nitrogen and oxygen atoms in total. The summed E-state index contributed by atoms with van der Waals surface area (Å²) in [6.07, 6.45) is 3.86. The van der Waals surface area contributed by atoms with Crippen molar-refractivity contribution in [1.82, 2.24) is 14.9 Å². The van der Waals surface area contributed by atoms with Crippen LogP contribution in [-0.4, -0.2) is 21.1 Å². The molecule has 0 amide bonds. The molecule has 2 aromatic carbocycles. The number of fused-ring (bicyclic) bond motifs is 1. The van der Waals surface area contributed by atoms with Gasteiger partial charge in [0.25, 0.3) is 0 Å². The Bertz CT molecular complexity index is 1050. The first-order valence-electron chi connectivity index (χ1n) is 7.52. The third-order valence-corrected chi connectivity index (χ3v) is 4.05. The van der Waals surface area contributed by atoms with Crippen LogP contribution in [0.15, 0.2) is 70.4 Å². The highest BCUT2D eigenvalue weighted by Gasteiger charge is 2.09. The third kappa shape index (κ3) is 2.79. The number of hydrogen-bond acceptors (Lipinski definition) is 4. The first-order valence-corrected chi connectivity index (χ1v) is 7.93. The normalized spacial score (nSPS) is 11.5. The molecule has 118 valence electrons. The number of hydrogen-bond donors (Lipinski definition) is 1. The molecule has 6 heteroatoms. The third-order valence-electron chi connectivity index (χ3n) is 3.79. The smallest absolute Gasteiger partial charge is 0.216 e. The van der Waals surface area contributed by atoms with Gasteiger partial charge in [-0.25, -0.2) is 0 Å². The van der Waals surface area contributed by atoms with Gasteiger partial charge in [-0.3, -0.25) is 5.10 Å². The molecule has 2 aromatic heterocycles. The summed E-state index contributed by atoms with van der Waals surface area (Å²) in [7, 11) is 0. The lowest BCUT2D eigenvalue weighted by atomic mass is 10.0. The number of nitrogens with one attached hydrogen (secondary N) is 1. The maximum atomic E-state index is 5.28. The van der Waals surface area contributed by atoms with Gasteiger partial charge in [0.2, 0.25) is 4.77 Å². The van der Waals surface area contributed by atoms with Crippen molar-refractivity contribution >= 4 is 29.2 Å². The Morgan fingerprint density at radius 3 is 2.88 bits per heavy atom. The predicted molar refractivity (Wildman–Crippen MR) is 95.9 cm³/mol. The van der Waals surface area contributed by atoms with E-state index >= 15 is 0 Å². The van der Waals surface area contributed by atoms with Gasteiger partial charge in [0, 0.05) is 6.42 Å². The van der Waals surface area contributed by atoms with Crippen molar-refractivity contribution in [2.45, 2.75) is 6.42 Å². The van der Waals surface area contributed by atoms with E-state index in [1.807, 2.05) is 24.3 Å². The van der Waals surface area contributed by atoms with Crippen molar-refractivity contribution in [1.29, 1.82) is 0 Å². The Morgan fingerprint density at radius 1 is 1.12 bits per heavy atom. The number of benzene rings is 2. The molecule has 0 aliphatic rings. The van der Waals surface area contributed by atoms with E-state index in [-0.39, 0.29) is 0 Å². The SMILES string of the molecule is S=c1[nH]nc(Cc2cccc3ccccc23)n1/N=C\c1ccco1. The zero-order chi connectivity index (χ0) is 16.4. The van der Waals surface area contributed by atoms with Gasteiger partial charge < -0.3 is 4.42 Å². The molecule has 0 aliphatic heterocycles. The molecule has 0 fully saturated rings. The van der Waals surface area contributed by atoms with Crippen LogP contribution in [0.25, 0.3) is 10.8 Å². The van der Waals surface area contributed by atoms with E-state index in [1.54, 1.807) is 17.2 Å². The van der Waals surface area contributed by atoms with Gasteiger partial charge in [0.15, 0.2) is 5.82 Å².